The Morgan fingerprint density at radius 3 is 2.90 bits per heavy atom. The summed E-state index contributed by atoms with van der Waals surface area (Å²) in [6.07, 6.45) is 5.05. The van der Waals surface area contributed by atoms with Gasteiger partial charge in [-0.2, -0.15) is 0 Å². The van der Waals surface area contributed by atoms with E-state index in [9.17, 15) is 0 Å². The Bertz CT molecular complexity index is 549. The van der Waals surface area contributed by atoms with Crippen molar-refractivity contribution in [3.05, 3.63) is 29.8 Å². The van der Waals surface area contributed by atoms with E-state index in [4.69, 9.17) is 5.73 Å². The fourth-order valence-corrected chi connectivity index (χ4v) is 4.09. The largest absolute Gasteiger partial charge is 0.369 e. The van der Waals surface area contributed by atoms with Crippen LogP contribution >= 0.6 is 0 Å². The lowest BCUT2D eigenvalue weighted by Gasteiger charge is -2.46. The molecule has 21 heavy (non-hydrogen) atoms. The van der Waals surface area contributed by atoms with Crippen LogP contribution in [0.2, 0.25) is 0 Å². The minimum Gasteiger partial charge on any atom is -0.369 e. The molecule has 2 N–H and O–H groups in total. The van der Waals surface area contributed by atoms with Crippen molar-refractivity contribution in [1.29, 1.82) is 0 Å². The summed E-state index contributed by atoms with van der Waals surface area (Å²) in [6, 6.07) is 8.65. The van der Waals surface area contributed by atoms with Gasteiger partial charge in [-0.3, -0.25) is 4.99 Å². The number of nitrogens with two attached hydrogens (primary N) is 1. The number of aryl methyl sites for hydroxylation is 1. The van der Waals surface area contributed by atoms with E-state index in [0.29, 0.717) is 5.96 Å². The minimum absolute atomic E-state index is 0.116. The van der Waals surface area contributed by atoms with Crippen LogP contribution in [-0.4, -0.2) is 18.0 Å². The molecular formula is C18H27N3. The standard InChI is InChI=1S/C18H27N3/c1-13(2)15-7-5-9-18(11-15)12-20-17(19)21(18)16-8-4-6-14(3)10-16/h4,6,8,10,13,15H,5,7,9,11-12H2,1-3H3,(H2,19,20). The lowest BCUT2D eigenvalue weighted by atomic mass is 9.71. The van der Waals surface area contributed by atoms with E-state index in [0.717, 1.165) is 18.4 Å². The predicted octanol–water partition coefficient (Wildman–Crippen LogP) is 3.71. The maximum atomic E-state index is 6.26. The van der Waals surface area contributed by atoms with Gasteiger partial charge in [0.05, 0.1) is 12.1 Å². The number of hydrogen-bond donors (Lipinski definition) is 1. The first kappa shape index (κ1) is 14.4. The van der Waals surface area contributed by atoms with Crippen molar-refractivity contribution < 1.29 is 0 Å². The summed E-state index contributed by atoms with van der Waals surface area (Å²) in [6.45, 7) is 7.69. The van der Waals surface area contributed by atoms with Crippen LogP contribution in [0.5, 0.6) is 0 Å². The van der Waals surface area contributed by atoms with Gasteiger partial charge in [0.15, 0.2) is 5.96 Å². The number of rotatable bonds is 2. The summed E-state index contributed by atoms with van der Waals surface area (Å²) >= 11 is 0. The lowest BCUT2D eigenvalue weighted by Crippen LogP contribution is -2.54. The fraction of sp³-hybridized carbons (Fsp3) is 0.611. The van der Waals surface area contributed by atoms with Crippen LogP contribution in [0.25, 0.3) is 0 Å². The molecule has 1 fully saturated rings. The van der Waals surface area contributed by atoms with Crippen LogP contribution in [0, 0.1) is 18.8 Å². The molecule has 1 spiro atoms. The number of benzene rings is 1. The lowest BCUT2D eigenvalue weighted by molar-refractivity contribution is 0.195. The topological polar surface area (TPSA) is 41.6 Å². The predicted molar refractivity (Wildman–Crippen MR) is 89.7 cm³/mol. The monoisotopic (exact) mass is 285 g/mol. The highest BCUT2D eigenvalue weighted by atomic mass is 15.4. The van der Waals surface area contributed by atoms with Gasteiger partial charge in [-0.05, 0) is 49.3 Å². The SMILES string of the molecule is Cc1cccc(N2C(N)=NCC23CCCC(C(C)C)C3)c1. The Morgan fingerprint density at radius 1 is 1.38 bits per heavy atom. The molecule has 1 heterocycles. The summed E-state index contributed by atoms with van der Waals surface area (Å²) in [5.74, 6) is 2.22. The molecule has 3 rings (SSSR count). The average molecular weight is 285 g/mol. The summed E-state index contributed by atoms with van der Waals surface area (Å²) in [5.41, 5.74) is 8.86. The molecule has 1 aromatic rings. The van der Waals surface area contributed by atoms with Crippen molar-refractivity contribution in [1.82, 2.24) is 0 Å². The molecule has 0 amide bonds. The number of guanidine groups is 1. The first-order valence-corrected chi connectivity index (χ1v) is 8.19. The van der Waals surface area contributed by atoms with E-state index < -0.39 is 0 Å². The zero-order valence-electron chi connectivity index (χ0n) is 13.5. The zero-order chi connectivity index (χ0) is 15.0. The van der Waals surface area contributed by atoms with E-state index >= 15 is 0 Å². The molecule has 1 aliphatic carbocycles. The third kappa shape index (κ3) is 2.54. The van der Waals surface area contributed by atoms with Crippen molar-refractivity contribution >= 4 is 11.6 Å². The molecule has 2 unspecified atom stereocenters. The van der Waals surface area contributed by atoms with Gasteiger partial charge in [-0.15, -0.1) is 0 Å². The number of aliphatic imine (C=N–C) groups is 1. The quantitative estimate of drug-likeness (QED) is 0.900. The molecule has 3 nitrogen and oxygen atoms in total. The van der Waals surface area contributed by atoms with Gasteiger partial charge >= 0.3 is 0 Å². The molecule has 1 aliphatic heterocycles. The molecule has 1 aromatic carbocycles. The van der Waals surface area contributed by atoms with Crippen LogP contribution < -0.4 is 10.6 Å². The van der Waals surface area contributed by atoms with E-state index in [1.807, 2.05) is 0 Å². The fourth-order valence-electron chi connectivity index (χ4n) is 4.09. The first-order valence-electron chi connectivity index (χ1n) is 8.19. The van der Waals surface area contributed by atoms with Crippen LogP contribution in [0.1, 0.15) is 45.1 Å². The number of hydrogen-bond acceptors (Lipinski definition) is 3. The second kappa shape index (κ2) is 5.36. The Hall–Kier alpha value is -1.51. The molecule has 0 aromatic heterocycles. The van der Waals surface area contributed by atoms with Crippen molar-refractivity contribution in [2.75, 3.05) is 11.4 Å². The molecule has 0 radical (unpaired) electrons. The molecule has 114 valence electrons. The van der Waals surface area contributed by atoms with Gasteiger partial charge in [0.2, 0.25) is 0 Å². The normalized spacial score (nSPS) is 29.2. The van der Waals surface area contributed by atoms with Crippen molar-refractivity contribution in [2.24, 2.45) is 22.6 Å². The summed E-state index contributed by atoms with van der Waals surface area (Å²) in [7, 11) is 0. The van der Waals surface area contributed by atoms with Gasteiger partial charge < -0.3 is 10.6 Å². The second-order valence-corrected chi connectivity index (χ2v) is 7.17. The molecule has 1 saturated carbocycles. The summed E-state index contributed by atoms with van der Waals surface area (Å²) in [5, 5.41) is 0. The van der Waals surface area contributed by atoms with Crippen LogP contribution in [0.4, 0.5) is 5.69 Å². The number of nitrogens with zero attached hydrogens (tertiary/aromatic N) is 2. The van der Waals surface area contributed by atoms with Gasteiger partial charge in [-0.1, -0.05) is 38.8 Å². The molecule has 2 aliphatic rings. The first-order chi connectivity index (χ1) is 10.0. The van der Waals surface area contributed by atoms with Crippen molar-refractivity contribution in [3.8, 4) is 0 Å². The van der Waals surface area contributed by atoms with Gasteiger partial charge in [0.1, 0.15) is 0 Å². The van der Waals surface area contributed by atoms with E-state index in [2.05, 4.69) is 54.9 Å². The van der Waals surface area contributed by atoms with Crippen LogP contribution in [-0.2, 0) is 0 Å². The zero-order valence-corrected chi connectivity index (χ0v) is 13.5. The third-order valence-electron chi connectivity index (χ3n) is 5.30. The van der Waals surface area contributed by atoms with Gasteiger partial charge in [0.25, 0.3) is 0 Å². The Labute approximate surface area is 128 Å². The Morgan fingerprint density at radius 2 is 2.19 bits per heavy atom. The second-order valence-electron chi connectivity index (χ2n) is 7.17. The molecule has 0 bridgehead atoms. The van der Waals surface area contributed by atoms with Crippen LogP contribution in [0.3, 0.4) is 0 Å². The molecule has 0 saturated heterocycles. The highest BCUT2D eigenvalue weighted by molar-refractivity contribution is 5.98. The van der Waals surface area contributed by atoms with E-state index in [-0.39, 0.29) is 5.54 Å². The van der Waals surface area contributed by atoms with Crippen molar-refractivity contribution in [2.45, 2.75) is 52.0 Å². The molecular weight excluding hydrogens is 258 g/mol. The summed E-state index contributed by atoms with van der Waals surface area (Å²) in [4.78, 5) is 6.94. The third-order valence-corrected chi connectivity index (χ3v) is 5.30. The maximum absolute atomic E-state index is 6.26. The van der Waals surface area contributed by atoms with Crippen LogP contribution in [0.15, 0.2) is 29.3 Å². The number of anilines is 1. The molecule has 3 heteroatoms. The highest BCUT2D eigenvalue weighted by Gasteiger charge is 2.46. The smallest absolute Gasteiger partial charge is 0.196 e. The Kier molecular flexibility index (Phi) is 3.68. The Balaban J connectivity index is 1.94. The summed E-state index contributed by atoms with van der Waals surface area (Å²) < 4.78 is 0. The minimum atomic E-state index is 0.116. The maximum Gasteiger partial charge on any atom is 0.196 e. The van der Waals surface area contributed by atoms with Gasteiger partial charge in [0, 0.05) is 5.69 Å². The average Bonchev–Trinajstić information content (AvgIpc) is 2.75. The molecule has 2 atom stereocenters. The van der Waals surface area contributed by atoms with E-state index in [1.165, 1.54) is 36.9 Å². The van der Waals surface area contributed by atoms with E-state index in [1.54, 1.807) is 0 Å². The highest BCUT2D eigenvalue weighted by Crippen LogP contribution is 2.44. The van der Waals surface area contributed by atoms with Gasteiger partial charge in [-0.25, -0.2) is 0 Å². The van der Waals surface area contributed by atoms with Crippen molar-refractivity contribution in [3.63, 3.8) is 0 Å².